The molecule has 0 bridgehead atoms. The summed E-state index contributed by atoms with van der Waals surface area (Å²) in [4.78, 5) is 13.2. The first-order chi connectivity index (χ1) is 6.52. The van der Waals surface area contributed by atoms with Crippen LogP contribution in [-0.2, 0) is 9.53 Å². The molecule has 0 aromatic heterocycles. The second-order valence-electron chi connectivity index (χ2n) is 3.94. The zero-order chi connectivity index (χ0) is 11.1. The first kappa shape index (κ1) is 13.4. The van der Waals surface area contributed by atoms with E-state index in [1.807, 2.05) is 11.9 Å². The zero-order valence-corrected chi connectivity index (χ0v) is 9.62. The SMILES string of the molecule is COC(=O)C(CN)N(C)CCC(C)C. The second kappa shape index (κ2) is 6.79. The molecule has 0 saturated carbocycles. The molecule has 4 heteroatoms. The number of carbonyl (C=O) groups is 1. The lowest BCUT2D eigenvalue weighted by molar-refractivity contribution is -0.146. The van der Waals surface area contributed by atoms with Crippen LogP contribution in [0.5, 0.6) is 0 Å². The molecule has 0 heterocycles. The Hall–Kier alpha value is -0.610. The van der Waals surface area contributed by atoms with E-state index in [1.54, 1.807) is 0 Å². The van der Waals surface area contributed by atoms with Crippen LogP contribution in [0.3, 0.4) is 0 Å². The van der Waals surface area contributed by atoms with Gasteiger partial charge >= 0.3 is 5.97 Å². The molecule has 0 rings (SSSR count). The summed E-state index contributed by atoms with van der Waals surface area (Å²) in [6.07, 6.45) is 1.06. The molecular formula is C10H22N2O2. The average molecular weight is 202 g/mol. The fraction of sp³-hybridized carbons (Fsp3) is 0.900. The molecule has 0 fully saturated rings. The highest BCUT2D eigenvalue weighted by molar-refractivity contribution is 5.75. The molecule has 84 valence electrons. The Kier molecular flexibility index (Phi) is 6.49. The highest BCUT2D eigenvalue weighted by atomic mass is 16.5. The molecule has 0 aliphatic carbocycles. The van der Waals surface area contributed by atoms with E-state index >= 15 is 0 Å². The van der Waals surface area contributed by atoms with Gasteiger partial charge in [0, 0.05) is 6.54 Å². The minimum absolute atomic E-state index is 0.251. The monoisotopic (exact) mass is 202 g/mol. The van der Waals surface area contributed by atoms with Crippen LogP contribution in [0, 0.1) is 5.92 Å². The third-order valence-corrected chi connectivity index (χ3v) is 2.29. The van der Waals surface area contributed by atoms with E-state index in [9.17, 15) is 4.79 Å². The average Bonchev–Trinajstić information content (AvgIpc) is 2.15. The van der Waals surface area contributed by atoms with E-state index in [2.05, 4.69) is 18.6 Å². The Labute approximate surface area is 86.4 Å². The summed E-state index contributed by atoms with van der Waals surface area (Å²) in [5, 5.41) is 0. The van der Waals surface area contributed by atoms with Gasteiger partial charge in [-0.05, 0) is 25.9 Å². The Balaban J connectivity index is 4.04. The van der Waals surface area contributed by atoms with Crippen LogP contribution < -0.4 is 5.73 Å². The molecule has 0 aromatic rings. The molecule has 0 aliphatic rings. The predicted molar refractivity (Wildman–Crippen MR) is 56.9 cm³/mol. The highest BCUT2D eigenvalue weighted by Gasteiger charge is 2.21. The van der Waals surface area contributed by atoms with Crippen molar-refractivity contribution in [1.82, 2.24) is 4.90 Å². The van der Waals surface area contributed by atoms with Crippen molar-refractivity contribution in [2.45, 2.75) is 26.3 Å². The van der Waals surface area contributed by atoms with Crippen molar-refractivity contribution in [3.05, 3.63) is 0 Å². The molecule has 0 aliphatic heterocycles. The fourth-order valence-corrected chi connectivity index (χ4v) is 1.21. The van der Waals surface area contributed by atoms with Gasteiger partial charge in [0.25, 0.3) is 0 Å². The van der Waals surface area contributed by atoms with Crippen LogP contribution in [-0.4, -0.2) is 44.2 Å². The molecular weight excluding hydrogens is 180 g/mol. The number of rotatable bonds is 6. The van der Waals surface area contributed by atoms with Crippen molar-refractivity contribution < 1.29 is 9.53 Å². The molecule has 0 radical (unpaired) electrons. The third kappa shape index (κ3) is 4.58. The van der Waals surface area contributed by atoms with Crippen molar-refractivity contribution in [2.24, 2.45) is 11.7 Å². The first-order valence-corrected chi connectivity index (χ1v) is 5.01. The maximum atomic E-state index is 11.3. The largest absolute Gasteiger partial charge is 0.468 e. The van der Waals surface area contributed by atoms with Gasteiger partial charge in [-0.2, -0.15) is 0 Å². The van der Waals surface area contributed by atoms with Crippen LogP contribution >= 0.6 is 0 Å². The van der Waals surface area contributed by atoms with Gasteiger partial charge in [0.1, 0.15) is 6.04 Å². The van der Waals surface area contributed by atoms with Crippen molar-refractivity contribution in [3.8, 4) is 0 Å². The summed E-state index contributed by atoms with van der Waals surface area (Å²) in [5.41, 5.74) is 5.51. The Morgan fingerprint density at radius 2 is 2.07 bits per heavy atom. The van der Waals surface area contributed by atoms with Crippen LogP contribution in [0.4, 0.5) is 0 Å². The topological polar surface area (TPSA) is 55.6 Å². The molecule has 14 heavy (non-hydrogen) atoms. The van der Waals surface area contributed by atoms with Gasteiger partial charge in [-0.25, -0.2) is 0 Å². The first-order valence-electron chi connectivity index (χ1n) is 5.01. The van der Waals surface area contributed by atoms with Gasteiger partial charge in [0.15, 0.2) is 0 Å². The summed E-state index contributed by atoms with van der Waals surface area (Å²) in [5.74, 6) is 0.382. The molecule has 0 spiro atoms. The van der Waals surface area contributed by atoms with Crippen LogP contribution in [0.1, 0.15) is 20.3 Å². The minimum atomic E-state index is -0.307. The highest BCUT2D eigenvalue weighted by Crippen LogP contribution is 2.04. The lowest BCUT2D eigenvalue weighted by Gasteiger charge is -2.25. The smallest absolute Gasteiger partial charge is 0.324 e. The standard InChI is InChI=1S/C10H22N2O2/c1-8(2)5-6-12(3)9(7-11)10(13)14-4/h8-9H,5-7,11H2,1-4H3. The van der Waals surface area contributed by atoms with E-state index in [0.717, 1.165) is 13.0 Å². The number of methoxy groups -OCH3 is 1. The Bertz CT molecular complexity index is 172. The number of carbonyl (C=O) groups excluding carboxylic acids is 1. The number of nitrogens with two attached hydrogens (primary N) is 1. The van der Waals surface area contributed by atoms with Gasteiger partial charge in [-0.1, -0.05) is 13.8 Å². The summed E-state index contributed by atoms with van der Waals surface area (Å²) >= 11 is 0. The van der Waals surface area contributed by atoms with Gasteiger partial charge < -0.3 is 10.5 Å². The number of ether oxygens (including phenoxy) is 1. The number of esters is 1. The van der Waals surface area contributed by atoms with E-state index in [-0.39, 0.29) is 12.0 Å². The molecule has 0 amide bonds. The Morgan fingerprint density at radius 3 is 2.43 bits per heavy atom. The number of likely N-dealkylation sites (N-methyl/N-ethyl adjacent to an activating group) is 1. The van der Waals surface area contributed by atoms with Gasteiger partial charge in [0.05, 0.1) is 7.11 Å². The summed E-state index contributed by atoms with van der Waals surface area (Å²) < 4.78 is 4.67. The van der Waals surface area contributed by atoms with Crippen molar-refractivity contribution in [3.63, 3.8) is 0 Å². The van der Waals surface area contributed by atoms with E-state index < -0.39 is 0 Å². The molecule has 4 nitrogen and oxygen atoms in total. The Morgan fingerprint density at radius 1 is 1.50 bits per heavy atom. The molecule has 2 N–H and O–H groups in total. The molecule has 1 unspecified atom stereocenters. The van der Waals surface area contributed by atoms with Crippen molar-refractivity contribution >= 4 is 5.97 Å². The fourth-order valence-electron chi connectivity index (χ4n) is 1.21. The van der Waals surface area contributed by atoms with Crippen LogP contribution in [0.15, 0.2) is 0 Å². The van der Waals surface area contributed by atoms with Crippen molar-refractivity contribution in [2.75, 3.05) is 27.2 Å². The maximum absolute atomic E-state index is 11.3. The lowest BCUT2D eigenvalue weighted by Crippen LogP contribution is -2.45. The van der Waals surface area contributed by atoms with Gasteiger partial charge in [-0.15, -0.1) is 0 Å². The van der Waals surface area contributed by atoms with Crippen LogP contribution in [0.2, 0.25) is 0 Å². The lowest BCUT2D eigenvalue weighted by atomic mass is 10.1. The molecule has 0 aromatic carbocycles. The molecule has 0 saturated heterocycles. The third-order valence-electron chi connectivity index (χ3n) is 2.29. The van der Waals surface area contributed by atoms with Crippen LogP contribution in [0.25, 0.3) is 0 Å². The van der Waals surface area contributed by atoms with Gasteiger partial charge in [-0.3, -0.25) is 9.69 Å². The number of hydrogen-bond donors (Lipinski definition) is 1. The van der Waals surface area contributed by atoms with Gasteiger partial charge in [0.2, 0.25) is 0 Å². The number of nitrogens with zero attached hydrogens (tertiary/aromatic N) is 1. The summed E-state index contributed by atoms with van der Waals surface area (Å²) in [7, 11) is 3.29. The normalized spacial score (nSPS) is 13.4. The summed E-state index contributed by atoms with van der Waals surface area (Å²) in [6, 6.07) is -0.307. The quantitative estimate of drug-likeness (QED) is 0.636. The predicted octanol–water partition coefficient (Wildman–Crippen LogP) is 0.465. The van der Waals surface area contributed by atoms with E-state index in [0.29, 0.717) is 12.5 Å². The maximum Gasteiger partial charge on any atom is 0.324 e. The molecule has 1 atom stereocenters. The van der Waals surface area contributed by atoms with E-state index in [1.165, 1.54) is 7.11 Å². The number of hydrogen-bond acceptors (Lipinski definition) is 4. The van der Waals surface area contributed by atoms with E-state index in [4.69, 9.17) is 5.73 Å². The second-order valence-corrected chi connectivity index (χ2v) is 3.94. The minimum Gasteiger partial charge on any atom is -0.468 e. The zero-order valence-electron chi connectivity index (χ0n) is 9.62. The summed E-state index contributed by atoms with van der Waals surface area (Å²) in [6.45, 7) is 5.49. The van der Waals surface area contributed by atoms with Crippen molar-refractivity contribution in [1.29, 1.82) is 0 Å².